The third kappa shape index (κ3) is 6.89. The Morgan fingerprint density at radius 3 is 1.68 bits per heavy atom. The molecule has 0 atom stereocenters. The van der Waals surface area contributed by atoms with Crippen LogP contribution in [0.4, 0.5) is 0 Å². The normalized spacial score (nSPS) is 11.6. The molecular weight excluding hydrogens is 371 g/mol. The summed E-state index contributed by atoms with van der Waals surface area (Å²) in [5.41, 5.74) is 2.81. The fourth-order valence-electron chi connectivity index (χ4n) is 3.52. The summed E-state index contributed by atoms with van der Waals surface area (Å²) in [5.74, 6) is 0. The first-order valence-electron chi connectivity index (χ1n) is 9.40. The zero-order valence-corrected chi connectivity index (χ0v) is 18.0. The maximum atomic E-state index is 4.49. The van der Waals surface area contributed by atoms with Gasteiger partial charge in [0.15, 0.2) is 0 Å². The van der Waals surface area contributed by atoms with E-state index >= 15 is 0 Å². The molecule has 0 saturated heterocycles. The Balaban J connectivity index is 2.86. The van der Waals surface area contributed by atoms with E-state index in [4.69, 9.17) is 0 Å². The van der Waals surface area contributed by atoms with Crippen molar-refractivity contribution < 1.29 is 0 Å². The number of allylic oxidation sites excluding steroid dienone is 1. The van der Waals surface area contributed by atoms with E-state index < -0.39 is 18.4 Å². The van der Waals surface area contributed by atoms with Gasteiger partial charge in [0.2, 0.25) is 0 Å². The Morgan fingerprint density at radius 2 is 1.27 bits per heavy atom. The summed E-state index contributed by atoms with van der Waals surface area (Å²) in [6, 6.07) is 10.9. The molecule has 0 spiro atoms. The Bertz CT molecular complexity index is 385. The number of rotatable bonds is 12. The van der Waals surface area contributed by atoms with Crippen molar-refractivity contribution in [1.82, 2.24) is 0 Å². The number of hydrogen-bond donors (Lipinski definition) is 0. The van der Waals surface area contributed by atoms with E-state index in [1.165, 1.54) is 54.1 Å². The second-order valence-electron chi connectivity index (χ2n) is 6.96. The summed E-state index contributed by atoms with van der Waals surface area (Å²) in [5, 5.41) is 0. The Labute approximate surface area is 143 Å². The van der Waals surface area contributed by atoms with Crippen molar-refractivity contribution in [2.45, 2.75) is 77.0 Å². The Morgan fingerprint density at radius 1 is 0.818 bits per heavy atom. The van der Waals surface area contributed by atoms with Crippen LogP contribution in [0.1, 0.15) is 64.9 Å². The fraction of sp³-hybridized carbons (Fsp3) is 0.619. The van der Waals surface area contributed by atoms with E-state index in [0.29, 0.717) is 0 Å². The van der Waals surface area contributed by atoms with E-state index in [9.17, 15) is 0 Å². The first-order chi connectivity index (χ1) is 10.7. The average molecular weight is 407 g/mol. The van der Waals surface area contributed by atoms with E-state index in [0.717, 1.165) is 0 Å². The molecule has 0 unspecified atom stereocenters. The molecule has 0 aromatic heterocycles. The van der Waals surface area contributed by atoms with Crippen molar-refractivity contribution in [2.24, 2.45) is 0 Å². The second kappa shape index (κ2) is 11.3. The SMILES string of the molecule is C=C([CH2][Sn]([CH2]CCC)([CH2]CCC)[CH2]CCC)c1ccccc1. The summed E-state index contributed by atoms with van der Waals surface area (Å²) in [6.07, 6.45) is 8.42. The number of benzene rings is 1. The van der Waals surface area contributed by atoms with Gasteiger partial charge in [0.1, 0.15) is 0 Å². The zero-order valence-electron chi connectivity index (χ0n) is 15.2. The van der Waals surface area contributed by atoms with Crippen molar-refractivity contribution in [3.05, 3.63) is 42.5 Å². The average Bonchev–Trinajstić information content (AvgIpc) is 2.56. The molecule has 0 amide bonds. The molecule has 0 radical (unpaired) electrons. The molecule has 22 heavy (non-hydrogen) atoms. The van der Waals surface area contributed by atoms with Crippen molar-refractivity contribution in [2.75, 3.05) is 0 Å². The van der Waals surface area contributed by atoms with Gasteiger partial charge in [-0.3, -0.25) is 0 Å². The van der Waals surface area contributed by atoms with Gasteiger partial charge in [0.05, 0.1) is 0 Å². The van der Waals surface area contributed by atoms with Gasteiger partial charge in [-0.15, -0.1) is 0 Å². The maximum absolute atomic E-state index is 4.49. The van der Waals surface area contributed by atoms with Gasteiger partial charge < -0.3 is 0 Å². The molecule has 1 aromatic rings. The van der Waals surface area contributed by atoms with Gasteiger partial charge in [-0.1, -0.05) is 0 Å². The first kappa shape index (κ1) is 19.8. The van der Waals surface area contributed by atoms with Crippen LogP contribution in [0.15, 0.2) is 36.9 Å². The standard InChI is InChI=1S/C9H9.3C4H9.Sn/c1-8(2)9-6-4-3-5-7-9;3*1-3-4-2;/h3-7H,1-2H2;3*1,3-4H2,2H3;. The van der Waals surface area contributed by atoms with Crippen molar-refractivity contribution >= 4 is 24.0 Å². The summed E-state index contributed by atoms with van der Waals surface area (Å²) in [6.45, 7) is 11.5. The van der Waals surface area contributed by atoms with Crippen molar-refractivity contribution in [1.29, 1.82) is 0 Å². The second-order valence-corrected chi connectivity index (χ2v) is 20.8. The Hall–Kier alpha value is -0.241. The summed E-state index contributed by atoms with van der Waals surface area (Å²) in [4.78, 5) is 0. The van der Waals surface area contributed by atoms with Crippen LogP contribution >= 0.6 is 0 Å². The third-order valence-corrected chi connectivity index (χ3v) is 20.4. The zero-order chi connectivity index (χ0) is 16.3. The van der Waals surface area contributed by atoms with Gasteiger partial charge in [0, 0.05) is 0 Å². The van der Waals surface area contributed by atoms with E-state index in [2.05, 4.69) is 57.7 Å². The number of hydrogen-bond acceptors (Lipinski definition) is 0. The monoisotopic (exact) mass is 408 g/mol. The minimum absolute atomic E-state index is 1.36. The number of unbranched alkanes of at least 4 members (excludes halogenated alkanes) is 3. The third-order valence-electron chi connectivity index (χ3n) is 4.95. The van der Waals surface area contributed by atoms with E-state index in [1.54, 1.807) is 13.3 Å². The molecule has 0 N–H and O–H groups in total. The summed E-state index contributed by atoms with van der Waals surface area (Å²) in [7, 11) is 0. The molecule has 0 fully saturated rings. The minimum atomic E-state index is -2.07. The quantitative estimate of drug-likeness (QED) is 0.314. The molecule has 0 aliphatic heterocycles. The van der Waals surface area contributed by atoms with Gasteiger partial charge in [0.25, 0.3) is 0 Å². The van der Waals surface area contributed by atoms with Crippen molar-refractivity contribution in [3.8, 4) is 0 Å². The van der Waals surface area contributed by atoms with Crippen LogP contribution in [0.3, 0.4) is 0 Å². The van der Waals surface area contributed by atoms with Crippen LogP contribution in [0, 0.1) is 0 Å². The predicted molar refractivity (Wildman–Crippen MR) is 105 cm³/mol. The van der Waals surface area contributed by atoms with Gasteiger partial charge >= 0.3 is 143 Å². The summed E-state index contributed by atoms with van der Waals surface area (Å²) < 4.78 is 6.13. The molecule has 0 aliphatic rings. The molecule has 1 heteroatoms. The van der Waals surface area contributed by atoms with Crippen LogP contribution in [0.5, 0.6) is 0 Å². The van der Waals surface area contributed by atoms with Crippen LogP contribution in [-0.2, 0) is 0 Å². The predicted octanol–water partition coefficient (Wildman–Crippen LogP) is 7.55. The van der Waals surface area contributed by atoms with Gasteiger partial charge in [-0.05, 0) is 0 Å². The summed E-state index contributed by atoms with van der Waals surface area (Å²) >= 11 is -2.07. The molecule has 0 heterocycles. The van der Waals surface area contributed by atoms with Crippen LogP contribution < -0.4 is 0 Å². The molecule has 0 aliphatic carbocycles. The fourth-order valence-corrected chi connectivity index (χ4v) is 19.8. The molecule has 1 aromatic carbocycles. The molecular formula is C21H36Sn. The molecule has 0 nitrogen and oxygen atoms in total. The molecule has 124 valence electrons. The molecule has 0 saturated carbocycles. The topological polar surface area (TPSA) is 0 Å². The van der Waals surface area contributed by atoms with Crippen molar-refractivity contribution in [3.63, 3.8) is 0 Å². The van der Waals surface area contributed by atoms with E-state index in [1.807, 2.05) is 0 Å². The first-order valence-corrected chi connectivity index (χ1v) is 17.5. The molecule has 1 rings (SSSR count). The van der Waals surface area contributed by atoms with E-state index in [-0.39, 0.29) is 0 Å². The van der Waals surface area contributed by atoms with Gasteiger partial charge in [-0.2, -0.15) is 0 Å². The Kier molecular flexibility index (Phi) is 10.2. The molecule has 0 bridgehead atoms. The van der Waals surface area contributed by atoms with Gasteiger partial charge in [-0.25, -0.2) is 0 Å². The van der Waals surface area contributed by atoms with Crippen LogP contribution in [0.25, 0.3) is 5.57 Å². The van der Waals surface area contributed by atoms with Crippen LogP contribution in [-0.4, -0.2) is 18.4 Å². The van der Waals surface area contributed by atoms with Crippen LogP contribution in [0.2, 0.25) is 17.7 Å².